The number of hydrogen-bond acceptors (Lipinski definition) is 5. The zero-order chi connectivity index (χ0) is 22.6. The molecule has 0 aromatic carbocycles. The van der Waals surface area contributed by atoms with Crippen LogP contribution in [0, 0.1) is 19.8 Å². The lowest BCUT2D eigenvalue weighted by Crippen LogP contribution is -2.29. The number of aryl methyl sites for hydroxylation is 3. The highest BCUT2D eigenvalue weighted by Crippen LogP contribution is 2.45. The summed E-state index contributed by atoms with van der Waals surface area (Å²) in [6.45, 7) is 5.98. The highest BCUT2D eigenvalue weighted by atomic mass is 32.2. The molecule has 0 N–H and O–H groups in total. The van der Waals surface area contributed by atoms with Gasteiger partial charge in [-0.1, -0.05) is 12.5 Å². The van der Waals surface area contributed by atoms with Crippen LogP contribution in [-0.4, -0.2) is 28.5 Å². The zero-order valence-corrected chi connectivity index (χ0v) is 18.3. The average Bonchev–Trinajstić information content (AvgIpc) is 3.04. The number of nitrogens with zero attached hydrogens (tertiary/aromatic N) is 3. The molecule has 0 bridgehead atoms. The number of halogens is 3. The van der Waals surface area contributed by atoms with E-state index in [1.54, 1.807) is 0 Å². The highest BCUT2D eigenvalue weighted by molar-refractivity contribution is 7.87. The number of pyridine rings is 1. The van der Waals surface area contributed by atoms with Gasteiger partial charge in [0, 0.05) is 24.1 Å². The van der Waals surface area contributed by atoms with Crippen LogP contribution in [0.5, 0.6) is 0 Å². The number of allylic oxidation sites excluding steroid dienone is 3. The van der Waals surface area contributed by atoms with Gasteiger partial charge in [0.05, 0.1) is 0 Å². The standard InChI is InChI=1S/C21H24F3N3O3S/c1-4-18-26-19-12(2)10-13(3)25-20(19)27(18)17-7-5-6-14-11-15(8-9-16(14)17)30-31(28,29)21(22,23)24/h8,10-11,16-17H,4-7,9H2,1-3H3. The molecule has 0 spiro atoms. The van der Waals surface area contributed by atoms with Gasteiger partial charge in [0.2, 0.25) is 0 Å². The predicted octanol–water partition coefficient (Wildman–Crippen LogP) is 5.03. The van der Waals surface area contributed by atoms with Crippen molar-refractivity contribution in [2.75, 3.05) is 0 Å². The third kappa shape index (κ3) is 3.86. The van der Waals surface area contributed by atoms with Crippen LogP contribution < -0.4 is 0 Å². The monoisotopic (exact) mass is 455 g/mol. The molecule has 2 heterocycles. The topological polar surface area (TPSA) is 74.1 Å². The van der Waals surface area contributed by atoms with E-state index in [0.29, 0.717) is 12.8 Å². The van der Waals surface area contributed by atoms with Gasteiger partial charge in [-0.25, -0.2) is 9.97 Å². The third-order valence-corrected chi connectivity index (χ3v) is 6.96. The Morgan fingerprint density at radius 2 is 2.00 bits per heavy atom. The molecule has 31 heavy (non-hydrogen) atoms. The fourth-order valence-electron chi connectivity index (χ4n) is 4.68. The first-order valence-electron chi connectivity index (χ1n) is 10.3. The van der Waals surface area contributed by atoms with Gasteiger partial charge in [-0.3, -0.25) is 0 Å². The molecular formula is C21H24F3N3O3S. The van der Waals surface area contributed by atoms with Crippen molar-refractivity contribution < 1.29 is 25.8 Å². The molecule has 2 atom stereocenters. The van der Waals surface area contributed by atoms with Gasteiger partial charge < -0.3 is 8.75 Å². The molecule has 6 nitrogen and oxygen atoms in total. The van der Waals surface area contributed by atoms with Crippen LogP contribution in [0.4, 0.5) is 13.2 Å². The summed E-state index contributed by atoms with van der Waals surface area (Å²) in [7, 11) is -5.68. The van der Waals surface area contributed by atoms with E-state index >= 15 is 0 Å². The van der Waals surface area contributed by atoms with E-state index in [4.69, 9.17) is 9.97 Å². The summed E-state index contributed by atoms with van der Waals surface area (Å²) < 4.78 is 67.4. The Hall–Kier alpha value is -2.36. The van der Waals surface area contributed by atoms with E-state index in [-0.39, 0.29) is 17.7 Å². The van der Waals surface area contributed by atoms with Gasteiger partial charge in [-0.2, -0.15) is 21.6 Å². The maximum atomic E-state index is 12.7. The smallest absolute Gasteiger partial charge is 0.376 e. The van der Waals surface area contributed by atoms with E-state index in [1.807, 2.05) is 26.8 Å². The van der Waals surface area contributed by atoms with Gasteiger partial charge >= 0.3 is 15.6 Å². The second kappa shape index (κ2) is 7.65. The maximum Gasteiger partial charge on any atom is 0.534 e. The Morgan fingerprint density at radius 3 is 2.68 bits per heavy atom. The van der Waals surface area contributed by atoms with Gasteiger partial charge in [-0.15, -0.1) is 0 Å². The van der Waals surface area contributed by atoms with Gasteiger partial charge in [0.15, 0.2) is 5.65 Å². The number of rotatable bonds is 4. The van der Waals surface area contributed by atoms with Crippen molar-refractivity contribution >= 4 is 21.3 Å². The SMILES string of the molecule is CCc1nc2c(C)cc(C)nc2n1C1CCCC2=CC(OS(=O)(=O)C(F)(F)F)=CCC21. The number of fused-ring (bicyclic) bond motifs is 2. The lowest BCUT2D eigenvalue weighted by molar-refractivity contribution is -0.0520. The quantitative estimate of drug-likeness (QED) is 0.477. The Morgan fingerprint density at radius 1 is 1.26 bits per heavy atom. The zero-order valence-electron chi connectivity index (χ0n) is 17.5. The molecule has 168 valence electrons. The molecule has 10 heteroatoms. The minimum absolute atomic E-state index is 0.0278. The predicted molar refractivity (Wildman–Crippen MR) is 110 cm³/mol. The average molecular weight is 456 g/mol. The maximum absolute atomic E-state index is 12.7. The molecule has 1 saturated carbocycles. The molecule has 2 aliphatic carbocycles. The minimum Gasteiger partial charge on any atom is -0.376 e. The Bertz CT molecular complexity index is 1200. The molecule has 1 fully saturated rings. The first-order valence-corrected chi connectivity index (χ1v) is 11.7. The molecule has 2 unspecified atom stereocenters. The molecule has 0 aliphatic heterocycles. The fraction of sp³-hybridized carbons (Fsp3) is 0.524. The van der Waals surface area contributed by atoms with E-state index in [9.17, 15) is 21.6 Å². The summed E-state index contributed by atoms with van der Waals surface area (Å²) in [5, 5.41) is 0. The second-order valence-electron chi connectivity index (χ2n) is 8.12. The minimum atomic E-state index is -5.68. The Labute approximate surface area is 178 Å². The summed E-state index contributed by atoms with van der Waals surface area (Å²) in [5.74, 6) is 0.688. The highest BCUT2D eigenvalue weighted by Gasteiger charge is 2.49. The number of imidazole rings is 1. The van der Waals surface area contributed by atoms with E-state index < -0.39 is 15.6 Å². The molecule has 2 aromatic heterocycles. The van der Waals surface area contributed by atoms with Crippen LogP contribution in [0.1, 0.15) is 55.7 Å². The van der Waals surface area contributed by atoms with E-state index in [0.717, 1.165) is 53.1 Å². The largest absolute Gasteiger partial charge is 0.534 e. The van der Waals surface area contributed by atoms with Gasteiger partial charge in [0.25, 0.3) is 0 Å². The van der Waals surface area contributed by atoms with Crippen LogP contribution >= 0.6 is 0 Å². The molecule has 0 saturated heterocycles. The van der Waals surface area contributed by atoms with E-state index in [1.165, 1.54) is 12.2 Å². The molecule has 2 aromatic rings. The van der Waals surface area contributed by atoms with Crippen LogP contribution in [-0.2, 0) is 20.7 Å². The molecular weight excluding hydrogens is 431 g/mol. The summed E-state index contributed by atoms with van der Waals surface area (Å²) in [5.41, 5.74) is -0.905. The van der Waals surface area contributed by atoms with Crippen molar-refractivity contribution in [2.45, 2.75) is 64.4 Å². The van der Waals surface area contributed by atoms with E-state index in [2.05, 4.69) is 8.75 Å². The molecule has 2 aliphatic rings. The Kier molecular flexibility index (Phi) is 5.39. The van der Waals surface area contributed by atoms with Gasteiger partial charge in [0.1, 0.15) is 17.1 Å². The first kappa shape index (κ1) is 21.9. The van der Waals surface area contributed by atoms with Crippen molar-refractivity contribution in [3.63, 3.8) is 0 Å². The van der Waals surface area contributed by atoms with Crippen LogP contribution in [0.2, 0.25) is 0 Å². The normalized spacial score (nSPS) is 22.1. The summed E-state index contributed by atoms with van der Waals surface area (Å²) in [4.78, 5) is 9.56. The van der Waals surface area contributed by atoms with Crippen molar-refractivity contribution in [2.24, 2.45) is 5.92 Å². The van der Waals surface area contributed by atoms with Crippen molar-refractivity contribution in [3.05, 3.63) is 46.6 Å². The second-order valence-corrected chi connectivity index (χ2v) is 9.65. The van der Waals surface area contributed by atoms with Gasteiger partial charge in [-0.05, 0) is 63.3 Å². The number of alkyl halides is 3. The summed E-state index contributed by atoms with van der Waals surface area (Å²) in [6.07, 6.45) is 6.42. The van der Waals surface area contributed by atoms with Crippen molar-refractivity contribution in [1.29, 1.82) is 0 Å². The summed E-state index contributed by atoms with van der Waals surface area (Å²) in [6, 6.07) is 2.05. The molecule has 0 amide bonds. The third-order valence-electron chi connectivity index (χ3n) is 5.98. The van der Waals surface area contributed by atoms with Crippen molar-refractivity contribution in [3.8, 4) is 0 Å². The number of hydrogen-bond donors (Lipinski definition) is 0. The number of aromatic nitrogens is 3. The lowest BCUT2D eigenvalue weighted by atomic mass is 9.76. The van der Waals surface area contributed by atoms with Crippen molar-refractivity contribution in [1.82, 2.24) is 14.5 Å². The van der Waals surface area contributed by atoms with Crippen LogP contribution in [0.15, 0.2) is 29.6 Å². The van der Waals surface area contributed by atoms with Crippen LogP contribution in [0.3, 0.4) is 0 Å². The first-order chi connectivity index (χ1) is 14.5. The lowest BCUT2D eigenvalue weighted by Gasteiger charge is -2.37. The fourth-order valence-corrected chi connectivity index (χ4v) is 5.15. The molecule has 4 rings (SSSR count). The Balaban J connectivity index is 1.70. The van der Waals surface area contributed by atoms with Crippen LogP contribution in [0.25, 0.3) is 11.2 Å². The summed E-state index contributed by atoms with van der Waals surface area (Å²) >= 11 is 0. The molecule has 0 radical (unpaired) electrons.